The molecule has 1 atom stereocenters. The molecule has 3 aromatic rings. The Morgan fingerprint density at radius 1 is 1.14 bits per heavy atom. The van der Waals surface area contributed by atoms with Crippen molar-refractivity contribution in [2.24, 2.45) is 0 Å². The average Bonchev–Trinajstić information content (AvgIpc) is 3.13. The van der Waals surface area contributed by atoms with E-state index in [2.05, 4.69) is 46.4 Å². The molecule has 0 saturated carbocycles. The Morgan fingerprint density at radius 3 is 2.89 bits per heavy atom. The summed E-state index contributed by atoms with van der Waals surface area (Å²) < 4.78 is 0. The summed E-state index contributed by atoms with van der Waals surface area (Å²) in [6, 6.07) is 17.8. The van der Waals surface area contributed by atoms with E-state index in [0.29, 0.717) is 5.82 Å². The minimum absolute atomic E-state index is 0.122. The molecule has 2 amide bonds. The summed E-state index contributed by atoms with van der Waals surface area (Å²) in [5.41, 5.74) is 4.13. The van der Waals surface area contributed by atoms with Crippen molar-refractivity contribution in [3.8, 4) is 11.3 Å². The number of nitrogens with zero attached hydrogens (tertiary/aromatic N) is 4. The van der Waals surface area contributed by atoms with Gasteiger partial charge in [0.2, 0.25) is 0 Å². The molecule has 6 heteroatoms. The third-order valence-electron chi connectivity index (χ3n) is 5.38. The molecule has 28 heavy (non-hydrogen) atoms. The standard InChI is InChI=1S/C22H21N5O/c1-15-5-4-6-16(13-15)18-8-9-19-21(24-18)27(17-10-12-26(19)14-17)22(28)25-20-7-2-3-11-23-20/h2-9,11,13,17H,10,12,14H2,1H3,(H,23,25,28)/t17-/m0/s1. The summed E-state index contributed by atoms with van der Waals surface area (Å²) in [4.78, 5) is 26.4. The number of anilines is 3. The van der Waals surface area contributed by atoms with Gasteiger partial charge in [-0.1, -0.05) is 29.8 Å². The maximum atomic E-state index is 13.1. The first-order chi connectivity index (χ1) is 13.7. The molecule has 4 heterocycles. The van der Waals surface area contributed by atoms with E-state index in [4.69, 9.17) is 4.98 Å². The lowest BCUT2D eigenvalue weighted by molar-refractivity contribution is 0.254. The van der Waals surface area contributed by atoms with Gasteiger partial charge in [-0.25, -0.2) is 14.8 Å². The van der Waals surface area contributed by atoms with Crippen molar-refractivity contribution in [1.29, 1.82) is 0 Å². The van der Waals surface area contributed by atoms with Crippen molar-refractivity contribution in [3.05, 3.63) is 66.4 Å². The Hall–Kier alpha value is -3.41. The molecule has 5 rings (SSSR count). The van der Waals surface area contributed by atoms with Gasteiger partial charge in [-0.15, -0.1) is 0 Å². The van der Waals surface area contributed by atoms with Crippen molar-refractivity contribution in [1.82, 2.24) is 9.97 Å². The van der Waals surface area contributed by atoms with Gasteiger partial charge in [0.25, 0.3) is 0 Å². The Kier molecular flexibility index (Phi) is 3.97. The van der Waals surface area contributed by atoms with Gasteiger partial charge in [0, 0.05) is 24.8 Å². The van der Waals surface area contributed by atoms with E-state index in [0.717, 1.165) is 42.3 Å². The van der Waals surface area contributed by atoms with Crippen LogP contribution in [0, 0.1) is 6.92 Å². The maximum absolute atomic E-state index is 13.1. The van der Waals surface area contributed by atoms with Crippen LogP contribution in [0.4, 0.5) is 22.1 Å². The first-order valence-electron chi connectivity index (χ1n) is 9.53. The van der Waals surface area contributed by atoms with Crippen molar-refractivity contribution in [3.63, 3.8) is 0 Å². The summed E-state index contributed by atoms with van der Waals surface area (Å²) >= 11 is 0. The number of aryl methyl sites for hydroxylation is 1. The van der Waals surface area contributed by atoms with Crippen LogP contribution in [0.5, 0.6) is 0 Å². The van der Waals surface area contributed by atoms with Crippen LogP contribution in [-0.4, -0.2) is 35.1 Å². The molecule has 6 nitrogen and oxygen atoms in total. The number of benzene rings is 1. The molecular weight excluding hydrogens is 350 g/mol. The van der Waals surface area contributed by atoms with E-state index in [1.807, 2.05) is 29.2 Å². The highest BCUT2D eigenvalue weighted by Gasteiger charge is 2.40. The number of nitrogens with one attached hydrogen (secondary N) is 1. The highest BCUT2D eigenvalue weighted by molar-refractivity contribution is 6.04. The molecule has 1 fully saturated rings. The van der Waals surface area contributed by atoms with E-state index in [1.165, 1.54) is 5.56 Å². The van der Waals surface area contributed by atoms with Crippen LogP contribution in [0.25, 0.3) is 11.3 Å². The van der Waals surface area contributed by atoms with Gasteiger partial charge in [0.15, 0.2) is 5.82 Å². The minimum Gasteiger partial charge on any atom is -0.366 e. The minimum atomic E-state index is -0.180. The number of pyridine rings is 2. The summed E-state index contributed by atoms with van der Waals surface area (Å²) in [6.07, 6.45) is 2.61. The fourth-order valence-corrected chi connectivity index (χ4v) is 4.04. The molecule has 2 aliphatic heterocycles. The second-order valence-electron chi connectivity index (χ2n) is 7.31. The van der Waals surface area contributed by atoms with Gasteiger partial charge in [0.1, 0.15) is 5.82 Å². The summed E-state index contributed by atoms with van der Waals surface area (Å²) in [7, 11) is 0. The number of urea groups is 1. The molecule has 0 unspecified atom stereocenters. The zero-order chi connectivity index (χ0) is 19.1. The number of fused-ring (bicyclic) bond motifs is 4. The second kappa shape index (κ2) is 6.64. The van der Waals surface area contributed by atoms with E-state index < -0.39 is 0 Å². The van der Waals surface area contributed by atoms with Crippen LogP contribution in [-0.2, 0) is 0 Å². The van der Waals surface area contributed by atoms with Gasteiger partial charge in [0.05, 0.1) is 17.4 Å². The summed E-state index contributed by atoms with van der Waals surface area (Å²) in [5, 5.41) is 2.92. The molecule has 1 N–H and O–H groups in total. The van der Waals surface area contributed by atoms with Crippen molar-refractivity contribution in [2.75, 3.05) is 28.2 Å². The fourth-order valence-electron chi connectivity index (χ4n) is 4.04. The van der Waals surface area contributed by atoms with E-state index in [1.54, 1.807) is 12.3 Å². The van der Waals surface area contributed by atoms with Gasteiger partial charge < -0.3 is 4.90 Å². The molecule has 1 saturated heterocycles. The van der Waals surface area contributed by atoms with Gasteiger partial charge in [-0.2, -0.15) is 0 Å². The summed E-state index contributed by atoms with van der Waals surface area (Å²) in [5.74, 6) is 1.27. The molecule has 1 aromatic carbocycles. The Bertz CT molecular complexity index is 1040. The molecule has 2 aromatic heterocycles. The van der Waals surface area contributed by atoms with Crippen LogP contribution >= 0.6 is 0 Å². The lowest BCUT2D eigenvalue weighted by Crippen LogP contribution is -2.48. The zero-order valence-corrected chi connectivity index (χ0v) is 15.7. The number of hydrogen-bond acceptors (Lipinski definition) is 4. The second-order valence-corrected chi connectivity index (χ2v) is 7.31. The SMILES string of the molecule is Cc1cccc(-c2ccc3c(n2)N(C(=O)Nc2ccccn2)[C@H]2CCN3C2)c1. The monoisotopic (exact) mass is 371 g/mol. The number of carbonyl (C=O) groups excluding carboxylic acids is 1. The van der Waals surface area contributed by atoms with Crippen LogP contribution in [0.2, 0.25) is 0 Å². The highest BCUT2D eigenvalue weighted by atomic mass is 16.2. The molecular formula is C22H21N5O. The lowest BCUT2D eigenvalue weighted by Gasteiger charge is -2.35. The number of rotatable bonds is 2. The average molecular weight is 371 g/mol. The maximum Gasteiger partial charge on any atom is 0.329 e. The number of amides is 2. The van der Waals surface area contributed by atoms with Crippen LogP contribution in [0.1, 0.15) is 12.0 Å². The Morgan fingerprint density at radius 2 is 2.07 bits per heavy atom. The number of aromatic nitrogens is 2. The van der Waals surface area contributed by atoms with Crippen molar-refractivity contribution in [2.45, 2.75) is 19.4 Å². The predicted octanol–water partition coefficient (Wildman–Crippen LogP) is 4.08. The molecule has 2 bridgehead atoms. The van der Waals surface area contributed by atoms with Gasteiger partial charge >= 0.3 is 6.03 Å². The normalized spacial score (nSPS) is 17.4. The number of carbonyl (C=O) groups is 1. The first-order valence-corrected chi connectivity index (χ1v) is 9.53. The van der Waals surface area contributed by atoms with Crippen molar-refractivity contribution >= 4 is 23.4 Å². The zero-order valence-electron chi connectivity index (χ0n) is 15.7. The molecule has 2 aliphatic rings. The van der Waals surface area contributed by atoms with Gasteiger partial charge in [-0.05, 0) is 43.7 Å². The largest absolute Gasteiger partial charge is 0.366 e. The highest BCUT2D eigenvalue weighted by Crippen LogP contribution is 2.40. The van der Waals surface area contributed by atoms with E-state index in [-0.39, 0.29) is 12.1 Å². The number of hydrogen-bond donors (Lipinski definition) is 1. The third kappa shape index (κ3) is 2.87. The topological polar surface area (TPSA) is 61.4 Å². The quantitative estimate of drug-likeness (QED) is 0.737. The summed E-state index contributed by atoms with van der Waals surface area (Å²) in [6.45, 7) is 3.85. The Labute approximate surface area is 163 Å². The molecule has 0 spiro atoms. The smallest absolute Gasteiger partial charge is 0.329 e. The van der Waals surface area contributed by atoms with E-state index in [9.17, 15) is 4.79 Å². The van der Waals surface area contributed by atoms with Gasteiger partial charge in [-0.3, -0.25) is 10.2 Å². The van der Waals surface area contributed by atoms with Crippen LogP contribution in [0.3, 0.4) is 0 Å². The fraction of sp³-hybridized carbons (Fsp3) is 0.227. The third-order valence-corrected chi connectivity index (χ3v) is 5.38. The predicted molar refractivity (Wildman–Crippen MR) is 111 cm³/mol. The lowest BCUT2D eigenvalue weighted by atomic mass is 10.1. The van der Waals surface area contributed by atoms with Crippen LogP contribution in [0.15, 0.2) is 60.8 Å². The Balaban J connectivity index is 1.54. The van der Waals surface area contributed by atoms with E-state index >= 15 is 0 Å². The molecule has 140 valence electrons. The molecule has 0 radical (unpaired) electrons. The first kappa shape index (κ1) is 16.7. The van der Waals surface area contributed by atoms with Crippen molar-refractivity contribution < 1.29 is 4.79 Å². The van der Waals surface area contributed by atoms with Crippen LogP contribution < -0.4 is 15.1 Å². The molecule has 0 aliphatic carbocycles.